The summed E-state index contributed by atoms with van der Waals surface area (Å²) < 4.78 is 0. The number of carboxylic acids is 3. The van der Waals surface area contributed by atoms with E-state index in [1.165, 1.54) is 24.3 Å². The number of aromatic amines is 1. The van der Waals surface area contributed by atoms with Crippen molar-refractivity contribution in [3.8, 4) is 5.75 Å². The molecule has 1 saturated heterocycles. The van der Waals surface area contributed by atoms with Crippen molar-refractivity contribution in [3.63, 3.8) is 0 Å². The summed E-state index contributed by atoms with van der Waals surface area (Å²) >= 11 is 0. The molecule has 109 heavy (non-hydrogen) atoms. The number of aromatic hydroxyl groups is 1. The molecule has 21 N–H and O–H groups in total. The average molecular weight is 1580 g/mol. The van der Waals surface area contributed by atoms with E-state index >= 15 is 0 Å². The maximum atomic E-state index is 14.9. The summed E-state index contributed by atoms with van der Waals surface area (Å²) in [6.45, 7) is 4.97. The molecule has 36 heteroatoms. The second-order valence-electron chi connectivity index (χ2n) is 27.6. The second-order valence-corrected chi connectivity index (χ2v) is 27.6. The SMILES string of the molecule is C=C(O)[C@H](CO)NC(=O)[C@H](Cc1c[nH]c2ccccc12)NC(=O)[C@@H](CC(C)C)NC(=O)[C@H](Cc1ccc(O)cc1)NC(=O)C(CCCN=C(N)N)NC(=O)C(CO)NC(=O)C(Cc1ccccc1)NC(=O)[C@H](CC1CCCCC1)NC(=O)[C@@H](CC(=O)O)NC(=O)CN1CCN(CC(=O)O)CCN(CC(=O)O)CC1.[68Cu]. The van der Waals surface area contributed by atoms with Gasteiger partial charge >= 0.3 is 17.9 Å². The van der Waals surface area contributed by atoms with E-state index in [2.05, 4.69) is 64.4 Å². The van der Waals surface area contributed by atoms with Crippen molar-refractivity contribution in [2.24, 2.45) is 28.3 Å². The van der Waals surface area contributed by atoms with Crippen LogP contribution < -0.4 is 59.3 Å². The number of carbonyl (C=O) groups is 12. The fourth-order valence-electron chi connectivity index (χ4n) is 12.8. The topological polar surface area (TPSA) is 545 Å². The van der Waals surface area contributed by atoms with Crippen molar-refractivity contribution >= 4 is 87.9 Å². The number of nitrogens with zero attached hydrogens (tertiary/aromatic N) is 4. The number of aliphatic hydroxyl groups excluding tert-OH is 3. The van der Waals surface area contributed by atoms with Gasteiger partial charge in [0.05, 0.1) is 39.3 Å². The van der Waals surface area contributed by atoms with Gasteiger partial charge in [-0.15, -0.1) is 0 Å². The van der Waals surface area contributed by atoms with Crippen LogP contribution in [0.3, 0.4) is 0 Å². The van der Waals surface area contributed by atoms with Crippen LogP contribution >= 0.6 is 0 Å². The molecule has 1 aromatic heterocycles. The van der Waals surface area contributed by atoms with Crippen molar-refractivity contribution < 1.29 is 110 Å². The third-order valence-corrected chi connectivity index (χ3v) is 18.5. The number of aliphatic carboxylic acids is 3. The minimum absolute atomic E-state index is 0. The van der Waals surface area contributed by atoms with E-state index in [4.69, 9.17) is 11.5 Å². The Morgan fingerprint density at radius 2 is 0.954 bits per heavy atom. The molecule has 1 radical (unpaired) electrons. The number of aromatic nitrogens is 1. The van der Waals surface area contributed by atoms with E-state index in [0.29, 0.717) is 29.5 Å². The molecular weight excluding hydrogens is 1470 g/mol. The van der Waals surface area contributed by atoms with Crippen LogP contribution in [-0.4, -0.2) is 265 Å². The normalized spacial score (nSPS) is 16.3. The summed E-state index contributed by atoms with van der Waals surface area (Å²) in [5.74, 6) is -13.7. The van der Waals surface area contributed by atoms with Gasteiger partial charge in [-0.25, -0.2) is 0 Å². The molecular formula is C73H104CuN16O19. The number of guanidine groups is 1. The van der Waals surface area contributed by atoms with E-state index in [1.54, 1.807) is 83.3 Å². The van der Waals surface area contributed by atoms with Crippen LogP contribution in [0.25, 0.3) is 10.9 Å². The minimum Gasteiger partial charge on any atom is -0.511 e. The Morgan fingerprint density at radius 3 is 1.48 bits per heavy atom. The van der Waals surface area contributed by atoms with Gasteiger partial charge in [-0.1, -0.05) is 113 Å². The molecule has 2 heterocycles. The van der Waals surface area contributed by atoms with Crippen LogP contribution in [0.1, 0.15) is 94.7 Å². The van der Waals surface area contributed by atoms with Crippen LogP contribution in [0.2, 0.25) is 0 Å². The van der Waals surface area contributed by atoms with Crippen LogP contribution in [0.15, 0.2) is 102 Å². The number of rotatable bonds is 42. The fourth-order valence-corrected chi connectivity index (χ4v) is 12.8. The molecule has 4 aromatic rings. The van der Waals surface area contributed by atoms with Gasteiger partial charge in [0, 0.05) is 99.2 Å². The Balaban J connectivity index is 0.0000213. The first-order valence-electron chi connectivity index (χ1n) is 36.0. The summed E-state index contributed by atoms with van der Waals surface area (Å²) in [6.07, 6.45) is 3.60. The number of carboxylic acid groups (broad SMARTS) is 3. The average Bonchev–Trinajstić information content (AvgIpc) is 1.80. The summed E-state index contributed by atoms with van der Waals surface area (Å²) in [6, 6.07) is 7.24. The number of fused-ring (bicyclic) bond motifs is 1. The third kappa shape index (κ3) is 31.1. The molecule has 1 aliphatic carbocycles. The first-order chi connectivity index (χ1) is 51.5. The third-order valence-electron chi connectivity index (χ3n) is 18.5. The molecule has 9 atom stereocenters. The van der Waals surface area contributed by atoms with Crippen molar-refractivity contribution in [1.82, 2.24) is 67.5 Å². The number of para-hydroxylation sites is 1. The number of nitrogens with two attached hydrogens (primary N) is 2. The Morgan fingerprint density at radius 1 is 0.514 bits per heavy atom. The number of phenols is 1. The summed E-state index contributed by atoms with van der Waals surface area (Å²) in [5, 5.41) is 94.5. The van der Waals surface area contributed by atoms with Crippen molar-refractivity contribution in [2.75, 3.05) is 78.7 Å². The number of phenolic OH excluding ortho intramolecular Hbond substituents is 1. The number of hydrogen-bond donors (Lipinski definition) is 19. The van der Waals surface area contributed by atoms with Crippen LogP contribution in [0.4, 0.5) is 0 Å². The first-order valence-corrected chi connectivity index (χ1v) is 36.0. The number of H-pyrrole nitrogens is 1. The number of nitrogens with one attached hydrogen (secondary N) is 10. The maximum absolute atomic E-state index is 14.9. The second kappa shape index (κ2) is 45.6. The number of aliphatic hydroxyl groups is 3. The van der Waals surface area contributed by atoms with E-state index in [0.717, 1.165) is 30.2 Å². The zero-order valence-electron chi connectivity index (χ0n) is 61.1. The number of amides is 9. The number of benzene rings is 3. The zero-order valence-corrected chi connectivity index (χ0v) is 62.0. The molecule has 2 fully saturated rings. The quantitative estimate of drug-likeness (QED) is 0.00747. The van der Waals surface area contributed by atoms with Crippen LogP contribution in [0.5, 0.6) is 5.75 Å². The van der Waals surface area contributed by atoms with Gasteiger partial charge in [0.1, 0.15) is 65.9 Å². The van der Waals surface area contributed by atoms with Gasteiger partial charge in [0.15, 0.2) is 5.96 Å². The van der Waals surface area contributed by atoms with E-state index in [-0.39, 0.29) is 144 Å². The smallest absolute Gasteiger partial charge is 0.317 e. The van der Waals surface area contributed by atoms with Gasteiger partial charge in [0.25, 0.3) is 0 Å². The molecule has 3 aromatic carbocycles. The molecule has 0 spiro atoms. The van der Waals surface area contributed by atoms with Crippen molar-refractivity contribution in [1.29, 1.82) is 0 Å². The summed E-state index contributed by atoms with van der Waals surface area (Å²) in [7, 11) is 0. The van der Waals surface area contributed by atoms with E-state index < -0.39 is 157 Å². The largest absolute Gasteiger partial charge is 0.511 e. The molecule has 9 amide bonds. The Kier molecular flexibility index (Phi) is 37.4. The predicted molar refractivity (Wildman–Crippen MR) is 395 cm³/mol. The molecule has 0 bridgehead atoms. The summed E-state index contributed by atoms with van der Waals surface area (Å²) in [4.78, 5) is 178. The van der Waals surface area contributed by atoms with Gasteiger partial charge in [-0.2, -0.15) is 0 Å². The Labute approximate surface area is 641 Å². The number of hydrogen-bond acceptors (Lipinski definition) is 20. The van der Waals surface area contributed by atoms with E-state index in [1.807, 2.05) is 6.07 Å². The standard InChI is InChI=1S/C73H104N16O19.Cu/c1-43(2)31-53(66(102)84-57(70(106)85-59(41-90)44(3)92)35-48-37-77-51-18-11-10-17-50(48)51)80-67(103)56(34-47-20-22-49(93)23-21-47)81-65(101)52(19-12-24-76-73(74)75)79-72(108)60(42-91)86-69(105)55(33-46-15-8-5-9-16-46)82-68(104)54(32-45-13-6-4-7-14-45)83-71(107)58(36-62(95)96)78-61(94)38-87-25-27-88(39-63(97)98)29-30-89(28-26-87)40-64(99)100;/h5,8-11,15-18,20-23,37,43,45,52-60,77,90-93H,3-4,6-7,12-14,19,24-36,38-42H2,1-2H3,(H,78,94)(H,79,108)(H,80,103)(H,81,101)(H,82,104)(H,83,107)(H,84,102)(H,85,106)(H,86,105)(H,95,96)(H,97,98)(H,99,100)(H4,74,75,76);/t52?,53-,54+,55?,56+,57+,58-,59+,60?;/m1./s1/i;1+4. The number of carbonyl (C=O) groups excluding carboxylic acids is 9. The molecule has 1 saturated carbocycles. The Hall–Kier alpha value is -10.2. The van der Waals surface area contributed by atoms with Gasteiger partial charge in [0.2, 0.25) is 53.2 Å². The Bertz CT molecular complexity index is 3720. The molecule has 2 aliphatic rings. The predicted octanol–water partition coefficient (Wildman–Crippen LogP) is -2.05. The maximum Gasteiger partial charge on any atom is 0.317 e. The monoisotopic (exact) mass is 1580 g/mol. The molecule has 3 unspecified atom stereocenters. The van der Waals surface area contributed by atoms with E-state index in [9.17, 15) is 93.3 Å². The van der Waals surface area contributed by atoms with Crippen molar-refractivity contribution in [3.05, 3.63) is 114 Å². The summed E-state index contributed by atoms with van der Waals surface area (Å²) in [5.41, 5.74) is 13.5. The van der Waals surface area contributed by atoms with Gasteiger partial charge < -0.3 is 100 Å². The molecule has 35 nitrogen and oxygen atoms in total. The van der Waals surface area contributed by atoms with Gasteiger partial charge in [-0.3, -0.25) is 77.2 Å². The van der Waals surface area contributed by atoms with Crippen LogP contribution in [0, 0.1) is 11.8 Å². The molecule has 1 aliphatic heterocycles. The van der Waals surface area contributed by atoms with Crippen molar-refractivity contribution in [2.45, 2.75) is 152 Å². The zero-order chi connectivity index (χ0) is 79.0. The minimum atomic E-state index is -1.86. The first kappa shape index (κ1) is 89.4. The van der Waals surface area contributed by atoms with Crippen LogP contribution in [-0.2, 0) is 93.9 Å². The molecule has 601 valence electrons. The fraction of sp³-hybridized carbons (Fsp3) is 0.521. The van der Waals surface area contributed by atoms with Gasteiger partial charge in [-0.05, 0) is 72.4 Å². The number of aliphatic imine (C=N–C) groups is 1. The molecule has 6 rings (SSSR count).